The van der Waals surface area contributed by atoms with Crippen LogP contribution >= 0.6 is 0 Å². The van der Waals surface area contributed by atoms with Crippen LogP contribution in [0.1, 0.15) is 30.2 Å². The number of hydrogen-bond acceptors (Lipinski definition) is 2. The van der Waals surface area contributed by atoms with Crippen LogP contribution in [0.2, 0.25) is 0 Å². The first-order valence-corrected chi connectivity index (χ1v) is 5.44. The maximum Gasteiger partial charge on any atom is 0.338 e. The highest BCUT2D eigenvalue weighted by molar-refractivity contribution is 6.03. The lowest BCUT2D eigenvalue weighted by molar-refractivity contribution is 0.0603. The van der Waals surface area contributed by atoms with Crippen LogP contribution in [0, 0.1) is 5.95 Å². The van der Waals surface area contributed by atoms with Crippen LogP contribution in [0.4, 0.5) is 4.39 Å². The number of esters is 1. The molecule has 0 bridgehead atoms. The summed E-state index contributed by atoms with van der Waals surface area (Å²) in [6.07, 6.45) is 0. The summed E-state index contributed by atoms with van der Waals surface area (Å²) < 4.78 is 20.1. The number of rotatable bonds is 2. The molecule has 0 amide bonds. The number of aromatic nitrogens is 1. The second kappa shape index (κ2) is 4.20. The number of benzene rings is 1. The van der Waals surface area contributed by atoms with Crippen molar-refractivity contribution in [3.8, 4) is 0 Å². The lowest BCUT2D eigenvalue weighted by atomic mass is 10.1. The molecule has 90 valence electrons. The normalized spacial score (nSPS) is 11.1. The summed E-state index contributed by atoms with van der Waals surface area (Å²) in [5, 5.41) is 0.588. The van der Waals surface area contributed by atoms with Crippen molar-refractivity contribution in [2.75, 3.05) is 7.11 Å². The van der Waals surface area contributed by atoms with Crippen LogP contribution in [0.5, 0.6) is 0 Å². The van der Waals surface area contributed by atoms with Gasteiger partial charge in [-0.3, -0.25) is 0 Å². The minimum atomic E-state index is -0.448. The highest BCUT2D eigenvalue weighted by atomic mass is 19.1. The molecule has 0 radical (unpaired) electrons. The summed E-state index contributed by atoms with van der Waals surface area (Å²) in [6.45, 7) is 3.79. The molecule has 0 aliphatic heterocycles. The van der Waals surface area contributed by atoms with Crippen molar-refractivity contribution in [3.63, 3.8) is 0 Å². The maximum atomic E-state index is 13.8. The lowest BCUT2D eigenvalue weighted by Gasteiger charge is -2.10. The van der Waals surface area contributed by atoms with Crippen LogP contribution in [0.3, 0.4) is 0 Å². The molecule has 0 N–H and O–H groups in total. The number of methoxy groups -OCH3 is 1. The molecule has 1 aromatic heterocycles. The van der Waals surface area contributed by atoms with E-state index in [-0.39, 0.29) is 12.0 Å². The molecule has 1 aromatic carbocycles. The van der Waals surface area contributed by atoms with E-state index in [0.717, 1.165) is 0 Å². The molecular formula is C13H14FNO2. The maximum absolute atomic E-state index is 13.8. The predicted molar refractivity (Wildman–Crippen MR) is 63.6 cm³/mol. The van der Waals surface area contributed by atoms with E-state index >= 15 is 0 Å². The number of ether oxygens (including phenoxy) is 1. The first-order chi connectivity index (χ1) is 8.06. The van der Waals surface area contributed by atoms with E-state index in [1.54, 1.807) is 22.8 Å². The molecule has 0 spiro atoms. The first-order valence-electron chi connectivity index (χ1n) is 5.44. The minimum Gasteiger partial charge on any atom is -0.465 e. The van der Waals surface area contributed by atoms with Crippen molar-refractivity contribution in [1.29, 1.82) is 0 Å². The van der Waals surface area contributed by atoms with E-state index in [1.165, 1.54) is 13.2 Å². The fraction of sp³-hybridized carbons (Fsp3) is 0.308. The second-order valence-electron chi connectivity index (χ2n) is 4.16. The van der Waals surface area contributed by atoms with Crippen molar-refractivity contribution >= 4 is 16.9 Å². The summed E-state index contributed by atoms with van der Waals surface area (Å²) in [5.74, 6) is -0.789. The van der Waals surface area contributed by atoms with Gasteiger partial charge in [0.05, 0.1) is 18.2 Å². The number of fused-ring (bicyclic) bond motifs is 1. The van der Waals surface area contributed by atoms with Gasteiger partial charge in [-0.25, -0.2) is 4.79 Å². The third-order valence-electron chi connectivity index (χ3n) is 2.76. The molecule has 0 atom stereocenters. The Bertz CT molecular complexity index is 572. The number of halogens is 1. The highest BCUT2D eigenvalue weighted by Gasteiger charge is 2.17. The summed E-state index contributed by atoms with van der Waals surface area (Å²) in [5.41, 5.74) is 1.10. The zero-order chi connectivity index (χ0) is 12.6. The van der Waals surface area contributed by atoms with Crippen LogP contribution in [-0.4, -0.2) is 17.6 Å². The zero-order valence-electron chi connectivity index (χ0n) is 10.0. The monoisotopic (exact) mass is 235 g/mol. The molecule has 3 nitrogen and oxygen atoms in total. The largest absolute Gasteiger partial charge is 0.465 e. The number of carbonyl (C=O) groups is 1. The number of nitrogens with zero attached hydrogens (tertiary/aromatic N) is 1. The standard InChI is InChI=1S/C13H14FNO2/c1-8(2)15-11-6-4-5-9(13(16)17-3)10(11)7-12(15)14/h4-8H,1-3H3. The molecule has 0 saturated carbocycles. The summed E-state index contributed by atoms with van der Waals surface area (Å²) in [4.78, 5) is 11.6. The van der Waals surface area contributed by atoms with Crippen LogP contribution in [0.25, 0.3) is 10.9 Å². The predicted octanol–water partition coefficient (Wildman–Crippen LogP) is 3.15. The van der Waals surface area contributed by atoms with E-state index in [9.17, 15) is 9.18 Å². The smallest absolute Gasteiger partial charge is 0.338 e. The van der Waals surface area contributed by atoms with Gasteiger partial charge in [0, 0.05) is 17.5 Å². The van der Waals surface area contributed by atoms with Crippen LogP contribution in [0.15, 0.2) is 24.3 Å². The Hall–Kier alpha value is -1.84. The van der Waals surface area contributed by atoms with E-state index in [0.29, 0.717) is 16.5 Å². The Balaban J connectivity index is 2.75. The SMILES string of the molecule is COC(=O)c1cccc2c1cc(F)n2C(C)C. The Morgan fingerprint density at radius 1 is 1.41 bits per heavy atom. The second-order valence-corrected chi connectivity index (χ2v) is 4.16. The van der Waals surface area contributed by atoms with Crippen molar-refractivity contribution in [2.45, 2.75) is 19.9 Å². The van der Waals surface area contributed by atoms with E-state index < -0.39 is 5.97 Å². The van der Waals surface area contributed by atoms with Gasteiger partial charge in [-0.15, -0.1) is 0 Å². The van der Waals surface area contributed by atoms with Crippen molar-refractivity contribution in [2.24, 2.45) is 0 Å². The molecule has 0 aliphatic carbocycles. The molecule has 2 aromatic rings. The molecular weight excluding hydrogens is 221 g/mol. The molecule has 0 fully saturated rings. The summed E-state index contributed by atoms with van der Waals surface area (Å²) in [7, 11) is 1.32. The lowest BCUT2D eigenvalue weighted by Crippen LogP contribution is -2.04. The van der Waals surface area contributed by atoms with Crippen LogP contribution in [-0.2, 0) is 4.74 Å². The zero-order valence-corrected chi connectivity index (χ0v) is 10.0. The Kier molecular flexibility index (Phi) is 2.88. The average Bonchev–Trinajstić information content (AvgIpc) is 2.63. The van der Waals surface area contributed by atoms with Gasteiger partial charge in [0.1, 0.15) is 0 Å². The molecule has 4 heteroatoms. The van der Waals surface area contributed by atoms with Gasteiger partial charge in [0.15, 0.2) is 5.95 Å². The van der Waals surface area contributed by atoms with Gasteiger partial charge in [-0.2, -0.15) is 4.39 Å². The highest BCUT2D eigenvalue weighted by Crippen LogP contribution is 2.26. The van der Waals surface area contributed by atoms with Gasteiger partial charge in [0.25, 0.3) is 0 Å². The third kappa shape index (κ3) is 1.79. The van der Waals surface area contributed by atoms with E-state index in [1.807, 2.05) is 13.8 Å². The minimum absolute atomic E-state index is 0.000368. The number of carbonyl (C=O) groups excluding carboxylic acids is 1. The van der Waals surface area contributed by atoms with Gasteiger partial charge in [0.2, 0.25) is 0 Å². The molecule has 17 heavy (non-hydrogen) atoms. The fourth-order valence-electron chi connectivity index (χ4n) is 2.03. The van der Waals surface area contributed by atoms with E-state index in [2.05, 4.69) is 4.74 Å². The van der Waals surface area contributed by atoms with Gasteiger partial charge < -0.3 is 9.30 Å². The summed E-state index contributed by atoms with van der Waals surface area (Å²) >= 11 is 0. The quantitative estimate of drug-likeness (QED) is 0.749. The molecule has 1 heterocycles. The molecule has 2 rings (SSSR count). The van der Waals surface area contributed by atoms with Crippen molar-refractivity contribution in [1.82, 2.24) is 4.57 Å². The first kappa shape index (κ1) is 11.6. The Morgan fingerprint density at radius 2 is 2.12 bits per heavy atom. The van der Waals surface area contributed by atoms with Gasteiger partial charge >= 0.3 is 5.97 Å². The Morgan fingerprint density at radius 3 is 2.71 bits per heavy atom. The van der Waals surface area contributed by atoms with Gasteiger partial charge in [-0.1, -0.05) is 6.07 Å². The van der Waals surface area contributed by atoms with Crippen molar-refractivity contribution in [3.05, 3.63) is 35.8 Å². The van der Waals surface area contributed by atoms with Crippen molar-refractivity contribution < 1.29 is 13.9 Å². The number of hydrogen-bond donors (Lipinski definition) is 0. The molecule has 0 aliphatic rings. The molecule has 0 saturated heterocycles. The van der Waals surface area contributed by atoms with Crippen LogP contribution < -0.4 is 0 Å². The summed E-state index contributed by atoms with van der Waals surface area (Å²) in [6, 6.07) is 6.54. The third-order valence-corrected chi connectivity index (χ3v) is 2.76. The average molecular weight is 235 g/mol. The van der Waals surface area contributed by atoms with E-state index in [4.69, 9.17) is 0 Å². The fourth-order valence-corrected chi connectivity index (χ4v) is 2.03. The van der Waals surface area contributed by atoms with Gasteiger partial charge in [-0.05, 0) is 26.0 Å². The topological polar surface area (TPSA) is 31.2 Å². The molecule has 0 unspecified atom stereocenters. The Labute approximate surface area is 98.8 Å².